The molecular weight excluding hydrogens is 434 g/mol. The second-order valence-electron chi connectivity index (χ2n) is 6.36. The van der Waals surface area contributed by atoms with Crippen molar-refractivity contribution in [2.75, 3.05) is 20.3 Å². The minimum Gasteiger partial charge on any atom is -0.465 e. The van der Waals surface area contributed by atoms with Gasteiger partial charge in [0, 0.05) is 18.1 Å². The fourth-order valence-corrected chi connectivity index (χ4v) is 2.57. The van der Waals surface area contributed by atoms with Crippen LogP contribution in [0.25, 0.3) is 0 Å². The van der Waals surface area contributed by atoms with E-state index >= 15 is 0 Å². The van der Waals surface area contributed by atoms with E-state index in [1.54, 1.807) is 6.92 Å². The summed E-state index contributed by atoms with van der Waals surface area (Å²) < 4.78 is 44.7. The van der Waals surface area contributed by atoms with E-state index in [0.29, 0.717) is 5.57 Å². The third-order valence-electron chi connectivity index (χ3n) is 3.24. The van der Waals surface area contributed by atoms with E-state index in [0.717, 1.165) is 7.11 Å². The van der Waals surface area contributed by atoms with Gasteiger partial charge in [0.05, 0.1) is 12.7 Å². The maximum absolute atomic E-state index is 11.7. The van der Waals surface area contributed by atoms with E-state index in [2.05, 4.69) is 39.3 Å². The number of ether oxygens (including phenoxy) is 3. The Morgan fingerprint density at radius 2 is 1.42 bits per heavy atom. The van der Waals surface area contributed by atoms with E-state index in [1.165, 1.54) is 20.8 Å². The third-order valence-corrected chi connectivity index (χ3v) is 4.54. The second-order valence-corrected chi connectivity index (χ2v) is 7.90. The minimum absolute atomic E-state index is 0.0747. The predicted molar refractivity (Wildman–Crippen MR) is 111 cm³/mol. The molecule has 0 spiro atoms. The van der Waals surface area contributed by atoms with Gasteiger partial charge >= 0.3 is 17.9 Å². The van der Waals surface area contributed by atoms with E-state index in [-0.39, 0.29) is 30.3 Å². The monoisotopic (exact) mass is 463 g/mol. The lowest BCUT2D eigenvalue weighted by Gasteiger charge is -2.19. The Labute approximate surface area is 181 Å². The number of esters is 3. The summed E-state index contributed by atoms with van der Waals surface area (Å²) in [6.45, 7) is 16.0. The molecule has 31 heavy (non-hydrogen) atoms. The van der Waals surface area contributed by atoms with Crippen LogP contribution in [-0.4, -0.2) is 62.5 Å². The van der Waals surface area contributed by atoms with Crippen molar-refractivity contribution in [1.29, 1.82) is 0 Å². The molecule has 0 aromatic rings. The summed E-state index contributed by atoms with van der Waals surface area (Å²) >= 11 is 0. The van der Waals surface area contributed by atoms with Crippen LogP contribution in [0.15, 0.2) is 36.5 Å². The van der Waals surface area contributed by atoms with Crippen LogP contribution in [0.5, 0.6) is 0 Å². The van der Waals surface area contributed by atoms with Crippen molar-refractivity contribution in [2.24, 2.45) is 5.92 Å². The first kappa shape index (κ1) is 30.2. The molecule has 0 saturated carbocycles. The number of carbonyl (C=O) groups is 4. The van der Waals surface area contributed by atoms with Crippen LogP contribution < -0.4 is 5.32 Å². The number of hydrogen-bond donors (Lipinski definition) is 2. The third kappa shape index (κ3) is 13.0. The molecule has 0 bridgehead atoms. The van der Waals surface area contributed by atoms with Gasteiger partial charge in [0.15, 0.2) is 5.37 Å². The summed E-state index contributed by atoms with van der Waals surface area (Å²) in [5.74, 6) is -3.21. The zero-order valence-corrected chi connectivity index (χ0v) is 19.0. The van der Waals surface area contributed by atoms with Gasteiger partial charge in [-0.2, -0.15) is 8.42 Å². The van der Waals surface area contributed by atoms with Crippen molar-refractivity contribution >= 4 is 33.9 Å². The molecule has 1 atom stereocenters. The van der Waals surface area contributed by atoms with Crippen LogP contribution in [0.4, 0.5) is 0 Å². The van der Waals surface area contributed by atoms with E-state index in [9.17, 15) is 27.6 Å². The molecule has 2 N–H and O–H groups in total. The molecule has 1 amide bonds. The van der Waals surface area contributed by atoms with Crippen LogP contribution in [0, 0.1) is 5.92 Å². The van der Waals surface area contributed by atoms with Crippen LogP contribution >= 0.6 is 0 Å². The highest BCUT2D eigenvalue weighted by atomic mass is 32.2. The topological polar surface area (TPSA) is 162 Å². The number of carbonyl (C=O) groups excluding carboxylic acids is 4. The summed E-state index contributed by atoms with van der Waals surface area (Å²) in [6.07, 6.45) is 0. The molecule has 1 unspecified atom stereocenters. The quantitative estimate of drug-likeness (QED) is 0.119. The first-order valence-electron chi connectivity index (χ1n) is 8.75. The largest absolute Gasteiger partial charge is 0.465 e. The van der Waals surface area contributed by atoms with Gasteiger partial charge in [0.1, 0.15) is 13.2 Å². The molecule has 0 fully saturated rings. The first-order chi connectivity index (χ1) is 14.1. The molecular formula is C19H29NO10S. The van der Waals surface area contributed by atoms with Crippen molar-refractivity contribution in [1.82, 2.24) is 5.32 Å². The fraction of sp³-hybridized carbons (Fsp3) is 0.474. The van der Waals surface area contributed by atoms with Crippen LogP contribution in [0.3, 0.4) is 0 Å². The average molecular weight is 464 g/mol. The standard InChI is InChI=1S/C11H17NO6S.C8H12O4/c1-6(2)10(19(15,16)17)12-9(13)7(3)8(4)11(14)18-5;1-6(2)8(10)12-5-4-11-7(3)9/h6,10H,3-4H2,1-2,5H3,(H,12,13)(H,15,16,17);1,4-5H2,2-3H3. The molecule has 0 aromatic heterocycles. The molecule has 11 nitrogen and oxygen atoms in total. The Morgan fingerprint density at radius 1 is 0.935 bits per heavy atom. The van der Waals surface area contributed by atoms with Gasteiger partial charge in [-0.15, -0.1) is 0 Å². The van der Waals surface area contributed by atoms with Crippen molar-refractivity contribution in [3.05, 3.63) is 36.5 Å². The SMILES string of the molecule is C=C(C(=C)C(=O)OC)C(=O)NC(C(C)C)S(=O)(=O)O.C=C(C)C(=O)OCCOC(C)=O. The lowest BCUT2D eigenvalue weighted by atomic mass is 10.1. The summed E-state index contributed by atoms with van der Waals surface area (Å²) in [5, 5.41) is 0.573. The highest BCUT2D eigenvalue weighted by Crippen LogP contribution is 2.12. The molecule has 0 rings (SSSR count). The molecule has 0 saturated heterocycles. The van der Waals surface area contributed by atoms with E-state index in [4.69, 9.17) is 4.55 Å². The highest BCUT2D eigenvalue weighted by Gasteiger charge is 2.30. The Morgan fingerprint density at radius 3 is 1.77 bits per heavy atom. The Balaban J connectivity index is 0. The summed E-state index contributed by atoms with van der Waals surface area (Å²) in [5.41, 5.74) is -0.295. The fourth-order valence-electron chi connectivity index (χ4n) is 1.63. The Kier molecular flexibility index (Phi) is 13.7. The van der Waals surface area contributed by atoms with Gasteiger partial charge in [0.2, 0.25) is 0 Å². The lowest BCUT2D eigenvalue weighted by Crippen LogP contribution is -2.44. The Bertz CT molecular complexity index is 827. The molecule has 0 aromatic carbocycles. The number of rotatable bonds is 10. The lowest BCUT2D eigenvalue weighted by molar-refractivity contribution is -0.148. The van der Waals surface area contributed by atoms with Gasteiger partial charge in [-0.25, -0.2) is 9.59 Å². The maximum atomic E-state index is 11.7. The van der Waals surface area contributed by atoms with Crippen LogP contribution in [0.2, 0.25) is 0 Å². The zero-order valence-electron chi connectivity index (χ0n) is 18.2. The van der Waals surface area contributed by atoms with Crippen molar-refractivity contribution in [3.8, 4) is 0 Å². The molecule has 12 heteroatoms. The normalized spacial score (nSPS) is 11.2. The molecule has 0 heterocycles. The van der Waals surface area contributed by atoms with Gasteiger partial charge in [-0.3, -0.25) is 14.1 Å². The highest BCUT2D eigenvalue weighted by molar-refractivity contribution is 7.86. The molecule has 0 radical (unpaired) electrons. The van der Waals surface area contributed by atoms with Crippen LogP contribution in [0.1, 0.15) is 27.7 Å². The van der Waals surface area contributed by atoms with Gasteiger partial charge in [-0.05, 0) is 12.8 Å². The van der Waals surface area contributed by atoms with Gasteiger partial charge in [-0.1, -0.05) is 33.6 Å². The smallest absolute Gasteiger partial charge is 0.338 e. The number of amides is 1. The summed E-state index contributed by atoms with van der Waals surface area (Å²) in [6, 6.07) is 0. The van der Waals surface area contributed by atoms with Crippen molar-refractivity contribution in [3.63, 3.8) is 0 Å². The molecule has 0 aliphatic heterocycles. The molecule has 0 aliphatic carbocycles. The Hall–Kier alpha value is -2.99. The number of methoxy groups -OCH3 is 1. The first-order valence-corrected chi connectivity index (χ1v) is 10.3. The summed E-state index contributed by atoms with van der Waals surface area (Å²) in [7, 11) is -3.36. The van der Waals surface area contributed by atoms with Crippen LogP contribution in [-0.2, 0) is 43.5 Å². The molecule has 176 valence electrons. The summed E-state index contributed by atoms with van der Waals surface area (Å²) in [4.78, 5) is 43.8. The van der Waals surface area contributed by atoms with Crippen molar-refractivity contribution < 1.29 is 46.4 Å². The van der Waals surface area contributed by atoms with E-state index in [1.807, 2.05) is 0 Å². The average Bonchev–Trinajstić information content (AvgIpc) is 2.66. The number of hydrogen-bond acceptors (Lipinski definition) is 9. The van der Waals surface area contributed by atoms with E-state index < -0.39 is 39.3 Å². The minimum atomic E-state index is -4.46. The number of nitrogens with one attached hydrogen (secondary N) is 1. The predicted octanol–water partition coefficient (Wildman–Crippen LogP) is 0.927. The molecule has 0 aliphatic rings. The van der Waals surface area contributed by atoms with Gasteiger partial charge in [0.25, 0.3) is 16.0 Å². The second kappa shape index (κ2) is 14.1. The zero-order chi connectivity index (χ0) is 24.9. The maximum Gasteiger partial charge on any atom is 0.338 e. The van der Waals surface area contributed by atoms with Crippen molar-refractivity contribution in [2.45, 2.75) is 33.1 Å². The van der Waals surface area contributed by atoms with Gasteiger partial charge < -0.3 is 19.5 Å².